The SMILES string of the molecule is Cc1cccc(N)c1S(=O)(=O)N(C)Cc1ccc(Br)o1. The van der Waals surface area contributed by atoms with Gasteiger partial charge in [-0.1, -0.05) is 12.1 Å². The highest BCUT2D eigenvalue weighted by atomic mass is 79.9. The maximum atomic E-state index is 12.6. The highest BCUT2D eigenvalue weighted by Gasteiger charge is 2.25. The zero-order valence-electron chi connectivity index (χ0n) is 11.1. The highest BCUT2D eigenvalue weighted by Crippen LogP contribution is 2.26. The average molecular weight is 359 g/mol. The predicted octanol–water partition coefficient (Wildman–Crippen LogP) is 2.75. The summed E-state index contributed by atoms with van der Waals surface area (Å²) in [6, 6.07) is 8.47. The number of furan rings is 1. The first kappa shape index (κ1) is 15.1. The van der Waals surface area contributed by atoms with Gasteiger partial charge in [-0.15, -0.1) is 0 Å². The summed E-state index contributed by atoms with van der Waals surface area (Å²) in [6.45, 7) is 1.86. The van der Waals surface area contributed by atoms with Gasteiger partial charge in [0.25, 0.3) is 0 Å². The highest BCUT2D eigenvalue weighted by molar-refractivity contribution is 9.10. The van der Waals surface area contributed by atoms with E-state index in [0.29, 0.717) is 16.0 Å². The van der Waals surface area contributed by atoms with Crippen molar-refractivity contribution in [2.75, 3.05) is 12.8 Å². The van der Waals surface area contributed by atoms with Gasteiger partial charge in [-0.05, 0) is 46.6 Å². The minimum atomic E-state index is -3.66. The summed E-state index contributed by atoms with van der Waals surface area (Å²) >= 11 is 3.19. The van der Waals surface area contributed by atoms with Crippen LogP contribution in [0.1, 0.15) is 11.3 Å². The monoisotopic (exact) mass is 358 g/mol. The number of anilines is 1. The van der Waals surface area contributed by atoms with Gasteiger partial charge in [0.05, 0.1) is 12.2 Å². The third-order valence-electron chi connectivity index (χ3n) is 2.92. The summed E-state index contributed by atoms with van der Waals surface area (Å²) in [7, 11) is -2.16. The lowest BCUT2D eigenvalue weighted by Crippen LogP contribution is -2.27. The van der Waals surface area contributed by atoms with Crippen LogP contribution < -0.4 is 5.73 Å². The lowest BCUT2D eigenvalue weighted by Gasteiger charge is -2.18. The molecule has 1 aromatic heterocycles. The third-order valence-corrected chi connectivity index (χ3v) is 5.37. The molecule has 0 saturated heterocycles. The summed E-state index contributed by atoms with van der Waals surface area (Å²) < 4.78 is 32.3. The van der Waals surface area contributed by atoms with E-state index in [1.165, 1.54) is 11.4 Å². The second-order valence-corrected chi connectivity index (χ2v) is 7.22. The lowest BCUT2D eigenvalue weighted by atomic mass is 10.2. The van der Waals surface area contributed by atoms with E-state index in [0.717, 1.165) is 0 Å². The number of sulfonamides is 1. The quantitative estimate of drug-likeness (QED) is 0.852. The molecular weight excluding hydrogens is 344 g/mol. The van der Waals surface area contributed by atoms with Crippen molar-refractivity contribution in [1.29, 1.82) is 0 Å². The van der Waals surface area contributed by atoms with Gasteiger partial charge in [-0.3, -0.25) is 0 Å². The van der Waals surface area contributed by atoms with E-state index in [1.54, 1.807) is 37.3 Å². The van der Waals surface area contributed by atoms with Gasteiger partial charge in [0.1, 0.15) is 10.7 Å². The second kappa shape index (κ2) is 5.59. The van der Waals surface area contributed by atoms with E-state index in [1.807, 2.05) is 0 Å². The van der Waals surface area contributed by atoms with Crippen molar-refractivity contribution >= 4 is 31.6 Å². The van der Waals surface area contributed by atoms with Gasteiger partial charge in [0, 0.05) is 7.05 Å². The molecule has 0 fully saturated rings. The molecule has 7 heteroatoms. The van der Waals surface area contributed by atoms with Gasteiger partial charge in [-0.25, -0.2) is 8.42 Å². The maximum Gasteiger partial charge on any atom is 0.245 e. The van der Waals surface area contributed by atoms with Gasteiger partial charge in [0.2, 0.25) is 10.0 Å². The summed E-state index contributed by atoms with van der Waals surface area (Å²) in [4.78, 5) is 0.146. The van der Waals surface area contributed by atoms with Gasteiger partial charge >= 0.3 is 0 Å². The minimum absolute atomic E-state index is 0.141. The van der Waals surface area contributed by atoms with Gasteiger partial charge < -0.3 is 10.2 Å². The molecule has 2 aromatic rings. The molecule has 0 bridgehead atoms. The first-order chi connectivity index (χ1) is 9.32. The van der Waals surface area contributed by atoms with E-state index in [-0.39, 0.29) is 17.1 Å². The van der Waals surface area contributed by atoms with Gasteiger partial charge in [-0.2, -0.15) is 4.31 Å². The Morgan fingerprint density at radius 1 is 1.30 bits per heavy atom. The van der Waals surface area contributed by atoms with Crippen molar-refractivity contribution in [2.24, 2.45) is 0 Å². The molecule has 0 unspecified atom stereocenters. The van der Waals surface area contributed by atoms with E-state index in [2.05, 4.69) is 15.9 Å². The fourth-order valence-electron chi connectivity index (χ4n) is 1.92. The number of hydrogen-bond acceptors (Lipinski definition) is 4. The Morgan fingerprint density at radius 2 is 2.00 bits per heavy atom. The zero-order valence-corrected chi connectivity index (χ0v) is 13.5. The van der Waals surface area contributed by atoms with Crippen LogP contribution in [0.4, 0.5) is 5.69 Å². The molecule has 1 heterocycles. The average Bonchev–Trinajstić information content (AvgIpc) is 2.74. The van der Waals surface area contributed by atoms with Crippen LogP contribution in [-0.4, -0.2) is 19.8 Å². The number of halogens is 1. The van der Waals surface area contributed by atoms with Crippen molar-refractivity contribution in [3.8, 4) is 0 Å². The normalized spacial score (nSPS) is 12.0. The van der Waals surface area contributed by atoms with Crippen molar-refractivity contribution in [1.82, 2.24) is 4.31 Å². The second-order valence-electron chi connectivity index (χ2n) is 4.46. The van der Waals surface area contributed by atoms with Crippen LogP contribution in [0.25, 0.3) is 0 Å². The minimum Gasteiger partial charge on any atom is -0.453 e. The first-order valence-electron chi connectivity index (χ1n) is 5.88. The molecule has 2 N–H and O–H groups in total. The molecule has 1 aromatic carbocycles. The Balaban J connectivity index is 2.35. The molecule has 0 spiro atoms. The fraction of sp³-hybridized carbons (Fsp3) is 0.231. The number of benzene rings is 1. The molecule has 0 atom stereocenters. The smallest absolute Gasteiger partial charge is 0.245 e. The topological polar surface area (TPSA) is 76.5 Å². The molecular formula is C13H15BrN2O3S. The molecule has 20 heavy (non-hydrogen) atoms. The summed E-state index contributed by atoms with van der Waals surface area (Å²) in [6.07, 6.45) is 0. The number of nitrogens with zero attached hydrogens (tertiary/aromatic N) is 1. The molecule has 0 aliphatic heterocycles. The van der Waals surface area contributed by atoms with Crippen molar-refractivity contribution in [3.05, 3.63) is 46.3 Å². The number of aryl methyl sites for hydroxylation is 1. The van der Waals surface area contributed by atoms with Crippen LogP contribution in [0, 0.1) is 6.92 Å². The van der Waals surface area contributed by atoms with E-state index in [9.17, 15) is 8.42 Å². The largest absolute Gasteiger partial charge is 0.453 e. The fourth-order valence-corrected chi connectivity index (χ4v) is 3.71. The van der Waals surface area contributed by atoms with E-state index in [4.69, 9.17) is 10.2 Å². The predicted molar refractivity (Wildman–Crippen MR) is 80.7 cm³/mol. The van der Waals surface area contributed by atoms with Crippen LogP contribution in [0.5, 0.6) is 0 Å². The van der Waals surface area contributed by atoms with Crippen molar-refractivity contribution in [3.63, 3.8) is 0 Å². The standard InChI is InChI=1S/C13H15BrN2O3S/c1-9-4-3-5-11(15)13(9)20(17,18)16(2)8-10-6-7-12(14)19-10/h3-7H,8,15H2,1-2H3. The summed E-state index contributed by atoms with van der Waals surface area (Å²) in [5.41, 5.74) is 6.68. The van der Waals surface area contributed by atoms with Crippen LogP contribution in [-0.2, 0) is 16.6 Å². The van der Waals surface area contributed by atoms with Crippen LogP contribution in [0.2, 0.25) is 0 Å². The Morgan fingerprint density at radius 3 is 2.55 bits per heavy atom. The number of nitrogen functional groups attached to an aromatic ring is 1. The molecule has 0 saturated carbocycles. The third kappa shape index (κ3) is 2.89. The summed E-state index contributed by atoms with van der Waals surface area (Å²) in [5.74, 6) is 0.551. The number of nitrogens with two attached hydrogens (primary N) is 1. The van der Waals surface area contributed by atoms with Crippen LogP contribution >= 0.6 is 15.9 Å². The van der Waals surface area contributed by atoms with E-state index >= 15 is 0 Å². The molecule has 108 valence electrons. The maximum absolute atomic E-state index is 12.6. The zero-order chi connectivity index (χ0) is 14.9. The molecule has 0 aliphatic rings. The van der Waals surface area contributed by atoms with Crippen molar-refractivity contribution in [2.45, 2.75) is 18.4 Å². The molecule has 0 radical (unpaired) electrons. The van der Waals surface area contributed by atoms with Crippen LogP contribution in [0.15, 0.2) is 44.3 Å². The van der Waals surface area contributed by atoms with Gasteiger partial charge in [0.15, 0.2) is 4.67 Å². The Bertz CT molecular complexity index is 705. The Kier molecular flexibility index (Phi) is 4.22. The van der Waals surface area contributed by atoms with E-state index < -0.39 is 10.0 Å². The molecule has 0 aliphatic carbocycles. The van der Waals surface area contributed by atoms with Crippen molar-refractivity contribution < 1.29 is 12.8 Å². The number of rotatable bonds is 4. The molecule has 2 rings (SSSR count). The Hall–Kier alpha value is -1.31. The Labute approximate surface area is 126 Å². The molecule has 5 nitrogen and oxygen atoms in total. The van der Waals surface area contributed by atoms with Crippen LogP contribution in [0.3, 0.4) is 0 Å². The first-order valence-corrected chi connectivity index (χ1v) is 8.11. The number of hydrogen-bond donors (Lipinski definition) is 1. The lowest BCUT2D eigenvalue weighted by molar-refractivity contribution is 0.398. The summed E-state index contributed by atoms with van der Waals surface area (Å²) in [5, 5.41) is 0. The molecule has 0 amide bonds.